The molecule has 0 spiro atoms. The number of carbonyl (C=O) groups excluding carboxylic acids is 4. The molecule has 2 bridgehead atoms. The maximum Gasteiger partial charge on any atom is 0.410 e. The van der Waals surface area contributed by atoms with Crippen molar-refractivity contribution in [3.05, 3.63) is 0 Å². The number of likely N-dealkylation sites (tertiary alicyclic amines) is 1. The first-order chi connectivity index (χ1) is 14.5. The van der Waals surface area contributed by atoms with Crippen molar-refractivity contribution in [3.8, 4) is 0 Å². The SMILES string of the molecule is CC(C)(C)OC(=O)N1C[C@@H]2[C@@H]3CC[C@@H](C3)[C@@H]2[C@H]1C(=O)N[C@@H](C[C@@H]1CCNC1=O)C(N)=O. The van der Waals surface area contributed by atoms with Gasteiger partial charge in [-0.2, -0.15) is 0 Å². The van der Waals surface area contributed by atoms with Gasteiger partial charge in [0.1, 0.15) is 17.7 Å². The quantitative estimate of drug-likeness (QED) is 0.588. The molecule has 0 aromatic rings. The minimum absolute atomic E-state index is 0.0783. The van der Waals surface area contributed by atoms with Gasteiger partial charge in [0.25, 0.3) is 0 Å². The summed E-state index contributed by atoms with van der Waals surface area (Å²) in [4.78, 5) is 52.0. The largest absolute Gasteiger partial charge is 0.444 e. The van der Waals surface area contributed by atoms with Crippen LogP contribution in [0.2, 0.25) is 0 Å². The van der Waals surface area contributed by atoms with Crippen molar-refractivity contribution in [3.63, 3.8) is 0 Å². The minimum Gasteiger partial charge on any atom is -0.444 e. The normalized spacial score (nSPS) is 34.9. The van der Waals surface area contributed by atoms with E-state index in [0.29, 0.717) is 31.3 Å². The number of hydrogen-bond donors (Lipinski definition) is 3. The van der Waals surface area contributed by atoms with Gasteiger partial charge < -0.3 is 21.1 Å². The number of primary amides is 1. The highest BCUT2D eigenvalue weighted by atomic mass is 16.6. The molecule has 9 heteroatoms. The number of hydrogen-bond acceptors (Lipinski definition) is 5. The molecule has 2 saturated carbocycles. The lowest BCUT2D eigenvalue weighted by atomic mass is 9.78. The monoisotopic (exact) mass is 434 g/mol. The van der Waals surface area contributed by atoms with Gasteiger partial charge in [0.2, 0.25) is 17.7 Å². The number of fused-ring (bicyclic) bond motifs is 5. The summed E-state index contributed by atoms with van der Waals surface area (Å²) in [6.07, 6.45) is 3.60. The first-order valence-corrected chi connectivity index (χ1v) is 11.4. The summed E-state index contributed by atoms with van der Waals surface area (Å²) in [7, 11) is 0. The first-order valence-electron chi connectivity index (χ1n) is 11.4. The van der Waals surface area contributed by atoms with Crippen molar-refractivity contribution < 1.29 is 23.9 Å². The fraction of sp³-hybridized carbons (Fsp3) is 0.818. The molecule has 0 aromatic carbocycles. The third kappa shape index (κ3) is 4.23. The van der Waals surface area contributed by atoms with E-state index in [1.165, 1.54) is 0 Å². The number of nitrogens with zero attached hydrogens (tertiary/aromatic N) is 1. The molecule has 4 aliphatic rings. The zero-order valence-electron chi connectivity index (χ0n) is 18.6. The van der Waals surface area contributed by atoms with Gasteiger partial charge in [0.05, 0.1) is 0 Å². The maximum atomic E-state index is 13.4. The Hall–Kier alpha value is -2.32. The van der Waals surface area contributed by atoms with Gasteiger partial charge >= 0.3 is 6.09 Å². The molecule has 4 amide bonds. The van der Waals surface area contributed by atoms with Crippen LogP contribution >= 0.6 is 0 Å². The van der Waals surface area contributed by atoms with Crippen LogP contribution < -0.4 is 16.4 Å². The van der Waals surface area contributed by atoms with Crippen LogP contribution in [0, 0.1) is 29.6 Å². The lowest BCUT2D eigenvalue weighted by Gasteiger charge is -2.32. The molecule has 4 fully saturated rings. The Morgan fingerprint density at radius 2 is 1.94 bits per heavy atom. The Kier molecular flexibility index (Phi) is 5.64. The number of nitrogens with two attached hydrogens (primary N) is 1. The van der Waals surface area contributed by atoms with Crippen LogP contribution in [0.3, 0.4) is 0 Å². The highest BCUT2D eigenvalue weighted by Crippen LogP contribution is 2.57. The zero-order chi connectivity index (χ0) is 22.5. The summed E-state index contributed by atoms with van der Waals surface area (Å²) >= 11 is 0. The standard InChI is InChI=1S/C22H34N4O5/c1-22(2,3)31-21(30)26-10-14-11-4-5-12(8-11)16(14)17(26)20(29)25-15(18(23)27)9-13-6-7-24-19(13)28/h11-17H,4-10H2,1-3H3,(H2,23,27)(H,24,28)(H,25,29)/t11-,12+,13+,14-,15+,16+,17+/m1/s1. The molecule has 2 heterocycles. The Labute approximate surface area is 182 Å². The predicted octanol–water partition coefficient (Wildman–Crippen LogP) is 0.764. The van der Waals surface area contributed by atoms with E-state index in [4.69, 9.17) is 10.5 Å². The molecule has 9 nitrogen and oxygen atoms in total. The van der Waals surface area contributed by atoms with Crippen LogP contribution in [0.15, 0.2) is 0 Å². The van der Waals surface area contributed by atoms with Crippen molar-refractivity contribution >= 4 is 23.8 Å². The highest BCUT2D eigenvalue weighted by molar-refractivity contribution is 5.92. The van der Waals surface area contributed by atoms with E-state index in [1.807, 2.05) is 0 Å². The molecule has 0 aromatic heterocycles. The zero-order valence-corrected chi connectivity index (χ0v) is 18.6. The number of amides is 4. The lowest BCUT2D eigenvalue weighted by Crippen LogP contribution is -2.55. The van der Waals surface area contributed by atoms with E-state index in [-0.39, 0.29) is 36.0 Å². The van der Waals surface area contributed by atoms with E-state index in [0.717, 1.165) is 19.3 Å². The molecule has 2 aliphatic heterocycles. The molecule has 4 N–H and O–H groups in total. The fourth-order valence-electron chi connectivity index (χ4n) is 6.25. The molecule has 0 unspecified atom stereocenters. The summed E-state index contributed by atoms with van der Waals surface area (Å²) in [5.41, 5.74) is 4.90. The summed E-state index contributed by atoms with van der Waals surface area (Å²) in [6, 6.07) is -1.62. The van der Waals surface area contributed by atoms with Gasteiger partial charge in [-0.05, 0) is 76.5 Å². The number of rotatable bonds is 5. The van der Waals surface area contributed by atoms with Gasteiger partial charge in [-0.3, -0.25) is 19.3 Å². The van der Waals surface area contributed by atoms with Crippen LogP contribution in [-0.2, 0) is 19.1 Å². The molecule has 172 valence electrons. The van der Waals surface area contributed by atoms with Crippen molar-refractivity contribution in [1.29, 1.82) is 0 Å². The van der Waals surface area contributed by atoms with Gasteiger partial charge in [-0.25, -0.2) is 4.79 Å². The van der Waals surface area contributed by atoms with Gasteiger partial charge in [-0.1, -0.05) is 0 Å². The van der Waals surface area contributed by atoms with Crippen LogP contribution in [0.25, 0.3) is 0 Å². The third-order valence-corrected chi connectivity index (χ3v) is 7.51. The summed E-state index contributed by atoms with van der Waals surface area (Å²) in [5.74, 6) is -0.196. The van der Waals surface area contributed by atoms with Crippen molar-refractivity contribution in [2.24, 2.45) is 35.3 Å². The second-order valence-corrected chi connectivity index (χ2v) is 10.6. The second kappa shape index (κ2) is 7.98. The summed E-state index contributed by atoms with van der Waals surface area (Å²) in [6.45, 7) is 6.47. The Morgan fingerprint density at radius 3 is 2.55 bits per heavy atom. The molecule has 31 heavy (non-hydrogen) atoms. The van der Waals surface area contributed by atoms with Gasteiger partial charge in [0.15, 0.2) is 0 Å². The van der Waals surface area contributed by atoms with Crippen LogP contribution in [0.1, 0.15) is 52.9 Å². The van der Waals surface area contributed by atoms with Crippen LogP contribution in [-0.4, -0.2) is 59.5 Å². The van der Waals surface area contributed by atoms with Crippen molar-refractivity contribution in [2.45, 2.75) is 70.6 Å². The Bertz CT molecular complexity index is 778. The maximum absolute atomic E-state index is 13.4. The predicted molar refractivity (Wildman–Crippen MR) is 111 cm³/mol. The number of nitrogens with one attached hydrogen (secondary N) is 2. The molecular weight excluding hydrogens is 400 g/mol. The third-order valence-electron chi connectivity index (χ3n) is 7.51. The molecule has 4 rings (SSSR count). The average Bonchev–Trinajstić information content (AvgIpc) is 3.41. The van der Waals surface area contributed by atoms with Gasteiger partial charge in [-0.15, -0.1) is 0 Å². The van der Waals surface area contributed by atoms with Crippen molar-refractivity contribution in [1.82, 2.24) is 15.5 Å². The number of ether oxygens (including phenoxy) is 1. The Morgan fingerprint density at radius 1 is 1.23 bits per heavy atom. The Balaban J connectivity index is 1.52. The molecule has 2 aliphatic carbocycles. The van der Waals surface area contributed by atoms with E-state index < -0.39 is 29.7 Å². The topological polar surface area (TPSA) is 131 Å². The minimum atomic E-state index is -0.945. The van der Waals surface area contributed by atoms with Crippen molar-refractivity contribution in [2.75, 3.05) is 13.1 Å². The molecule has 2 saturated heterocycles. The van der Waals surface area contributed by atoms with Crippen LogP contribution in [0.5, 0.6) is 0 Å². The summed E-state index contributed by atoms with van der Waals surface area (Å²) in [5, 5.41) is 5.52. The average molecular weight is 435 g/mol. The van der Waals surface area contributed by atoms with Crippen LogP contribution in [0.4, 0.5) is 4.79 Å². The highest BCUT2D eigenvalue weighted by Gasteiger charge is 2.60. The van der Waals surface area contributed by atoms with E-state index in [2.05, 4.69) is 10.6 Å². The van der Waals surface area contributed by atoms with Gasteiger partial charge in [0, 0.05) is 19.0 Å². The van der Waals surface area contributed by atoms with E-state index in [1.54, 1.807) is 25.7 Å². The smallest absolute Gasteiger partial charge is 0.410 e. The first kappa shape index (κ1) is 21.9. The fourth-order valence-corrected chi connectivity index (χ4v) is 6.25. The number of carbonyl (C=O) groups is 4. The molecule has 0 radical (unpaired) electrons. The molecule has 7 atom stereocenters. The van der Waals surface area contributed by atoms with E-state index >= 15 is 0 Å². The second-order valence-electron chi connectivity index (χ2n) is 10.6. The summed E-state index contributed by atoms with van der Waals surface area (Å²) < 4.78 is 5.59. The lowest BCUT2D eigenvalue weighted by molar-refractivity contribution is -0.132. The van der Waals surface area contributed by atoms with E-state index in [9.17, 15) is 19.2 Å². The molecular formula is C22H34N4O5.